The number of rotatable bonds is 7. The Morgan fingerprint density at radius 1 is 0.953 bits per heavy atom. The van der Waals surface area contributed by atoms with Gasteiger partial charge >= 0.3 is 4.87 Å². The van der Waals surface area contributed by atoms with Crippen LogP contribution in [0, 0.1) is 11.7 Å². The van der Waals surface area contributed by atoms with Crippen LogP contribution in [-0.2, 0) is 20.9 Å². The van der Waals surface area contributed by atoms with Crippen LogP contribution in [0.5, 0.6) is 11.5 Å². The van der Waals surface area contributed by atoms with Crippen LogP contribution >= 0.6 is 34.7 Å². The molecule has 13 heteroatoms. The lowest BCUT2D eigenvalue weighted by molar-refractivity contribution is -0.122. The summed E-state index contributed by atoms with van der Waals surface area (Å²) in [5.74, 6) is -2.59. The Bertz CT molecular complexity index is 1810. The van der Waals surface area contributed by atoms with Gasteiger partial charge in [0.2, 0.25) is 17.7 Å². The fourth-order valence-corrected chi connectivity index (χ4v) is 8.28. The molecule has 3 aromatic carbocycles. The van der Waals surface area contributed by atoms with Crippen molar-refractivity contribution in [3.05, 3.63) is 97.7 Å². The van der Waals surface area contributed by atoms with E-state index in [2.05, 4.69) is 5.32 Å². The predicted molar refractivity (Wildman–Crippen MR) is 162 cm³/mol. The Morgan fingerprint density at radius 3 is 2.33 bits per heavy atom. The van der Waals surface area contributed by atoms with E-state index in [1.807, 2.05) is 0 Å². The molecule has 3 atom stereocenters. The quantitative estimate of drug-likeness (QED) is 0.279. The number of nitrogens with zero attached hydrogens (tertiary/aromatic N) is 2. The summed E-state index contributed by atoms with van der Waals surface area (Å²) < 4.78 is 25.9. The second-order valence-corrected chi connectivity index (χ2v) is 12.4. The summed E-state index contributed by atoms with van der Waals surface area (Å²) in [6, 6.07) is 16.9. The molecule has 1 saturated heterocycles. The Hall–Kier alpha value is -4.13. The van der Waals surface area contributed by atoms with Gasteiger partial charge in [-0.3, -0.25) is 23.7 Å². The topological polar surface area (TPSA) is 107 Å². The number of nitrogens with one attached hydrogen (secondary N) is 1. The molecule has 220 valence electrons. The van der Waals surface area contributed by atoms with Crippen molar-refractivity contribution in [3.63, 3.8) is 0 Å². The molecule has 3 amide bonds. The number of thiazole rings is 1. The maximum Gasteiger partial charge on any atom is 0.308 e. The van der Waals surface area contributed by atoms with E-state index in [0.29, 0.717) is 37.7 Å². The molecule has 0 unspecified atom stereocenters. The number of benzene rings is 3. The zero-order valence-corrected chi connectivity index (χ0v) is 25.1. The highest BCUT2D eigenvalue weighted by Crippen LogP contribution is 2.54. The highest BCUT2D eigenvalue weighted by atomic mass is 35.5. The minimum atomic E-state index is -0.900. The molecule has 0 bridgehead atoms. The first kappa shape index (κ1) is 29.0. The Morgan fingerprint density at radius 2 is 1.65 bits per heavy atom. The third-order valence-corrected chi connectivity index (χ3v) is 10.2. The van der Waals surface area contributed by atoms with Crippen molar-refractivity contribution >= 4 is 63.8 Å². The van der Waals surface area contributed by atoms with Crippen molar-refractivity contribution in [2.45, 2.75) is 22.7 Å². The molecule has 0 saturated carbocycles. The van der Waals surface area contributed by atoms with E-state index >= 15 is 0 Å². The van der Waals surface area contributed by atoms with Gasteiger partial charge in [0.05, 0.1) is 30.9 Å². The Kier molecular flexibility index (Phi) is 7.75. The van der Waals surface area contributed by atoms with Crippen molar-refractivity contribution in [1.82, 2.24) is 4.57 Å². The minimum Gasteiger partial charge on any atom is -0.493 e. The van der Waals surface area contributed by atoms with Gasteiger partial charge in [-0.2, -0.15) is 0 Å². The first-order valence-corrected chi connectivity index (χ1v) is 15.1. The third-order valence-electron chi connectivity index (χ3n) is 7.33. The number of methoxy groups -OCH3 is 2. The number of thioether (sulfide) groups is 1. The summed E-state index contributed by atoms with van der Waals surface area (Å²) >= 11 is 7.96. The number of anilines is 2. The maximum absolute atomic E-state index is 14.0. The fourth-order valence-electron chi connectivity index (χ4n) is 5.38. The number of ether oxygens (including phenoxy) is 2. The van der Waals surface area contributed by atoms with Gasteiger partial charge < -0.3 is 14.8 Å². The summed E-state index contributed by atoms with van der Waals surface area (Å²) in [6.07, 6.45) is 0. The first-order chi connectivity index (χ1) is 20.7. The molecule has 0 aliphatic carbocycles. The van der Waals surface area contributed by atoms with Gasteiger partial charge in [-0.25, -0.2) is 9.29 Å². The number of amides is 3. The van der Waals surface area contributed by atoms with Crippen LogP contribution < -0.4 is 24.6 Å². The number of carbonyl (C=O) groups excluding carboxylic acids is 3. The highest BCUT2D eigenvalue weighted by Gasteiger charge is 2.57. The van der Waals surface area contributed by atoms with E-state index < -0.39 is 45.5 Å². The van der Waals surface area contributed by atoms with E-state index in [9.17, 15) is 23.6 Å². The van der Waals surface area contributed by atoms with Gasteiger partial charge in [-0.05, 0) is 66.2 Å². The van der Waals surface area contributed by atoms with Crippen LogP contribution in [0.3, 0.4) is 0 Å². The third kappa shape index (κ3) is 5.19. The molecule has 2 aliphatic rings. The molecular formula is C30H23ClFN3O6S2. The van der Waals surface area contributed by atoms with Crippen molar-refractivity contribution in [2.24, 2.45) is 5.92 Å². The Balaban J connectivity index is 1.43. The number of fused-ring (bicyclic) bond motifs is 2. The van der Waals surface area contributed by atoms with Crippen LogP contribution in [0.2, 0.25) is 5.02 Å². The lowest BCUT2D eigenvalue weighted by Crippen LogP contribution is -2.33. The van der Waals surface area contributed by atoms with E-state index in [-0.39, 0.29) is 12.2 Å². The second kappa shape index (κ2) is 11.5. The number of aromatic nitrogens is 1. The second-order valence-electron chi connectivity index (χ2n) is 9.82. The van der Waals surface area contributed by atoms with E-state index in [0.717, 1.165) is 28.0 Å². The van der Waals surface area contributed by atoms with Gasteiger partial charge in [0.25, 0.3) is 0 Å². The molecule has 9 nitrogen and oxygen atoms in total. The molecule has 1 aromatic heterocycles. The average Bonchev–Trinajstić information content (AvgIpc) is 3.44. The molecule has 0 spiro atoms. The molecular weight excluding hydrogens is 617 g/mol. The van der Waals surface area contributed by atoms with Crippen LogP contribution in [0.1, 0.15) is 16.4 Å². The fraction of sp³-hybridized carbons (Fsp3) is 0.200. The van der Waals surface area contributed by atoms with Gasteiger partial charge in [-0.15, -0.1) is 0 Å². The monoisotopic (exact) mass is 639 g/mol. The smallest absolute Gasteiger partial charge is 0.308 e. The van der Waals surface area contributed by atoms with Gasteiger partial charge in [0.15, 0.2) is 11.5 Å². The van der Waals surface area contributed by atoms with Crippen molar-refractivity contribution in [3.8, 4) is 11.5 Å². The van der Waals surface area contributed by atoms with Gasteiger partial charge in [-0.1, -0.05) is 40.8 Å². The molecule has 0 radical (unpaired) electrons. The molecule has 43 heavy (non-hydrogen) atoms. The largest absolute Gasteiger partial charge is 0.493 e. The van der Waals surface area contributed by atoms with E-state index in [1.165, 1.54) is 43.1 Å². The highest BCUT2D eigenvalue weighted by molar-refractivity contribution is 8.00. The number of halogens is 2. The van der Waals surface area contributed by atoms with E-state index in [4.69, 9.17) is 21.1 Å². The average molecular weight is 640 g/mol. The summed E-state index contributed by atoms with van der Waals surface area (Å²) in [7, 11) is 2.99. The van der Waals surface area contributed by atoms with Crippen molar-refractivity contribution < 1.29 is 28.2 Å². The Labute approximate surface area is 258 Å². The van der Waals surface area contributed by atoms with Gasteiger partial charge in [0, 0.05) is 21.5 Å². The number of hydrogen-bond acceptors (Lipinski definition) is 8. The van der Waals surface area contributed by atoms with Crippen LogP contribution in [0.25, 0.3) is 0 Å². The minimum absolute atomic E-state index is 0.251. The SMILES string of the molecule is COc1ccc([C@@H]2c3sc(=O)n(CC(=O)Nc4ccc(Cl)cc4)c3S[C@H]3C(=O)N(c4ccc(F)cc4)C(=O)[C@@H]23)cc1OC. The van der Waals surface area contributed by atoms with Gasteiger partial charge in [0.1, 0.15) is 17.6 Å². The number of carbonyl (C=O) groups is 3. The number of imide groups is 1. The summed E-state index contributed by atoms with van der Waals surface area (Å²) in [4.78, 5) is 55.4. The lowest BCUT2D eigenvalue weighted by Gasteiger charge is -2.31. The molecule has 3 heterocycles. The molecule has 4 aromatic rings. The summed E-state index contributed by atoms with van der Waals surface area (Å²) in [6.45, 7) is -0.305. The normalized spacial score (nSPS) is 19.2. The van der Waals surface area contributed by atoms with Crippen molar-refractivity contribution in [2.75, 3.05) is 24.4 Å². The molecule has 6 rings (SSSR count). The standard InChI is InChI=1S/C30H23ClFN3O6S2/c1-40-20-12-3-15(13-21(20)41-2)23-24-25(28(38)35(27(24)37)19-10-6-17(32)7-11-19)42-29-26(23)43-30(39)34(29)14-22(36)33-18-8-4-16(31)5-9-18/h3-13,23-25H,14H2,1-2H3,(H,33,36)/t23-,24-,25+/m0/s1. The zero-order chi connectivity index (χ0) is 30.4. The van der Waals surface area contributed by atoms with Crippen molar-refractivity contribution in [1.29, 1.82) is 0 Å². The number of hydrogen-bond donors (Lipinski definition) is 1. The first-order valence-electron chi connectivity index (χ1n) is 13.0. The van der Waals surface area contributed by atoms with E-state index in [1.54, 1.807) is 42.5 Å². The predicted octanol–water partition coefficient (Wildman–Crippen LogP) is 5.15. The zero-order valence-electron chi connectivity index (χ0n) is 22.7. The molecule has 1 fully saturated rings. The van der Waals surface area contributed by atoms with Crippen LogP contribution in [0.15, 0.2) is 76.6 Å². The summed E-state index contributed by atoms with van der Waals surface area (Å²) in [5, 5.41) is 2.80. The van der Waals surface area contributed by atoms with Crippen LogP contribution in [0.4, 0.5) is 15.8 Å². The summed E-state index contributed by atoms with van der Waals surface area (Å²) in [5.41, 5.74) is 1.39. The lowest BCUT2D eigenvalue weighted by atomic mass is 9.83. The maximum atomic E-state index is 14.0. The molecule has 1 N–H and O–H groups in total. The molecule has 2 aliphatic heterocycles. The van der Waals surface area contributed by atoms with Crippen LogP contribution in [-0.4, -0.2) is 41.8 Å².